The number of rotatable bonds is 6. The van der Waals surface area contributed by atoms with Gasteiger partial charge in [0, 0.05) is 24.7 Å². The molecular weight excluding hydrogens is 260 g/mol. The number of likely N-dealkylation sites (N-methyl/N-ethyl adjacent to an activating group) is 1. The van der Waals surface area contributed by atoms with Gasteiger partial charge in [0.25, 0.3) is 0 Å². The molecule has 2 fully saturated rings. The van der Waals surface area contributed by atoms with Crippen LogP contribution in [0.15, 0.2) is 0 Å². The van der Waals surface area contributed by atoms with Crippen LogP contribution in [0.3, 0.4) is 0 Å². The first-order valence-corrected chi connectivity index (χ1v) is 9.15. The van der Waals surface area contributed by atoms with Crippen LogP contribution >= 0.6 is 0 Å². The number of hydrogen-bond acceptors (Lipinski definition) is 3. The van der Waals surface area contributed by atoms with Gasteiger partial charge in [0.05, 0.1) is 13.2 Å². The van der Waals surface area contributed by atoms with Crippen LogP contribution in [0.2, 0.25) is 0 Å². The highest BCUT2D eigenvalue weighted by molar-refractivity contribution is 4.98. The molecule has 21 heavy (non-hydrogen) atoms. The lowest BCUT2D eigenvalue weighted by molar-refractivity contribution is -0.0352. The molecule has 0 bridgehead atoms. The largest absolute Gasteiger partial charge is 0.379 e. The van der Waals surface area contributed by atoms with Gasteiger partial charge in [-0.15, -0.1) is 0 Å². The van der Waals surface area contributed by atoms with E-state index in [1.165, 1.54) is 32.1 Å². The molecule has 0 aromatic heterocycles. The number of nitrogens with one attached hydrogen (secondary N) is 1. The first-order chi connectivity index (χ1) is 10.1. The summed E-state index contributed by atoms with van der Waals surface area (Å²) >= 11 is 0. The van der Waals surface area contributed by atoms with Gasteiger partial charge in [-0.3, -0.25) is 4.90 Å². The third kappa shape index (κ3) is 4.20. The molecule has 1 saturated heterocycles. The quantitative estimate of drug-likeness (QED) is 0.814. The molecule has 1 unspecified atom stereocenters. The monoisotopic (exact) mass is 296 g/mol. The molecule has 2 aliphatic rings. The van der Waals surface area contributed by atoms with Crippen LogP contribution in [0, 0.1) is 11.8 Å². The van der Waals surface area contributed by atoms with Gasteiger partial charge in [0.2, 0.25) is 0 Å². The highest BCUT2D eigenvalue weighted by Gasteiger charge is 2.40. The van der Waals surface area contributed by atoms with Crippen molar-refractivity contribution in [3.63, 3.8) is 0 Å². The van der Waals surface area contributed by atoms with Crippen molar-refractivity contribution in [1.29, 1.82) is 0 Å². The maximum Gasteiger partial charge on any atom is 0.0594 e. The van der Waals surface area contributed by atoms with Crippen molar-refractivity contribution in [3.05, 3.63) is 0 Å². The molecule has 0 aromatic carbocycles. The van der Waals surface area contributed by atoms with E-state index in [4.69, 9.17) is 4.74 Å². The van der Waals surface area contributed by atoms with Crippen LogP contribution in [0.1, 0.15) is 59.8 Å². The highest BCUT2D eigenvalue weighted by atomic mass is 16.5. The summed E-state index contributed by atoms with van der Waals surface area (Å²) in [6.45, 7) is 14.5. The predicted molar refractivity (Wildman–Crippen MR) is 89.7 cm³/mol. The fourth-order valence-electron chi connectivity index (χ4n) is 4.48. The van der Waals surface area contributed by atoms with Crippen LogP contribution in [0.4, 0.5) is 0 Å². The van der Waals surface area contributed by atoms with Crippen LogP contribution < -0.4 is 5.32 Å². The molecule has 2 rings (SSSR count). The van der Waals surface area contributed by atoms with E-state index in [1.807, 2.05) is 0 Å². The Labute approximate surface area is 131 Å². The summed E-state index contributed by atoms with van der Waals surface area (Å²) in [5.41, 5.74) is 0.226. The fourth-order valence-corrected chi connectivity index (χ4v) is 4.48. The second-order valence-corrected chi connectivity index (χ2v) is 7.48. The van der Waals surface area contributed by atoms with Gasteiger partial charge in [-0.2, -0.15) is 0 Å². The molecule has 124 valence electrons. The molecule has 1 atom stereocenters. The van der Waals surface area contributed by atoms with Crippen LogP contribution in [0.25, 0.3) is 0 Å². The Hall–Kier alpha value is -0.120. The summed E-state index contributed by atoms with van der Waals surface area (Å²) in [6, 6.07) is 0.610. The molecule has 0 spiro atoms. The molecule has 0 amide bonds. The van der Waals surface area contributed by atoms with Gasteiger partial charge in [0.15, 0.2) is 0 Å². The van der Waals surface area contributed by atoms with Crippen molar-refractivity contribution in [2.75, 3.05) is 32.8 Å². The topological polar surface area (TPSA) is 24.5 Å². The van der Waals surface area contributed by atoms with Crippen molar-refractivity contribution >= 4 is 0 Å². The van der Waals surface area contributed by atoms with Crippen molar-refractivity contribution < 1.29 is 4.74 Å². The highest BCUT2D eigenvalue weighted by Crippen LogP contribution is 2.37. The minimum Gasteiger partial charge on any atom is -0.379 e. The molecule has 0 radical (unpaired) electrons. The number of nitrogens with zero attached hydrogens (tertiary/aromatic N) is 1. The normalized spacial score (nSPS) is 30.3. The van der Waals surface area contributed by atoms with Gasteiger partial charge in [-0.05, 0) is 45.1 Å². The van der Waals surface area contributed by atoms with Crippen molar-refractivity contribution in [3.8, 4) is 0 Å². The van der Waals surface area contributed by atoms with Crippen molar-refractivity contribution in [2.24, 2.45) is 11.8 Å². The average Bonchev–Trinajstić information content (AvgIpc) is 2.53. The van der Waals surface area contributed by atoms with E-state index in [1.54, 1.807) is 0 Å². The van der Waals surface area contributed by atoms with Crippen molar-refractivity contribution in [1.82, 2.24) is 10.2 Å². The van der Waals surface area contributed by atoms with Crippen LogP contribution in [-0.2, 0) is 4.74 Å². The molecule has 0 aromatic rings. The van der Waals surface area contributed by atoms with E-state index in [-0.39, 0.29) is 5.54 Å². The molecule has 1 aliphatic carbocycles. The molecule has 3 heteroatoms. The summed E-state index contributed by atoms with van der Waals surface area (Å²) in [4.78, 5) is 2.65. The summed E-state index contributed by atoms with van der Waals surface area (Å²) < 4.78 is 5.55. The summed E-state index contributed by atoms with van der Waals surface area (Å²) in [5, 5.41) is 3.84. The average molecular weight is 296 g/mol. The van der Waals surface area contributed by atoms with E-state index in [0.717, 1.165) is 44.7 Å². The Bertz CT molecular complexity index is 292. The second-order valence-electron chi connectivity index (χ2n) is 7.48. The van der Waals surface area contributed by atoms with Gasteiger partial charge in [0.1, 0.15) is 0 Å². The van der Waals surface area contributed by atoms with Gasteiger partial charge < -0.3 is 10.1 Å². The Morgan fingerprint density at radius 3 is 2.24 bits per heavy atom. The number of morpholine rings is 1. The zero-order valence-corrected chi connectivity index (χ0v) is 14.7. The molecule has 1 N–H and O–H groups in total. The Kier molecular flexibility index (Phi) is 6.51. The first kappa shape index (κ1) is 17.2. The lowest BCUT2D eigenvalue weighted by Gasteiger charge is -2.50. The lowest BCUT2D eigenvalue weighted by Crippen LogP contribution is -2.63. The summed E-state index contributed by atoms with van der Waals surface area (Å²) in [6.07, 6.45) is 7.05. The third-order valence-electron chi connectivity index (χ3n) is 5.95. The standard InChI is InChI=1S/C18H36N2O/c1-5-15-7-9-16(10-8-15)17(19-6-2)18(3,4)20-11-13-21-14-12-20/h15-17,19H,5-14H2,1-4H3. The molecule has 1 aliphatic heterocycles. The minimum atomic E-state index is 0.226. The minimum absolute atomic E-state index is 0.226. The van der Waals surface area contributed by atoms with Crippen LogP contribution in [0.5, 0.6) is 0 Å². The van der Waals surface area contributed by atoms with Gasteiger partial charge >= 0.3 is 0 Å². The first-order valence-electron chi connectivity index (χ1n) is 9.15. The van der Waals surface area contributed by atoms with Crippen molar-refractivity contribution in [2.45, 2.75) is 71.4 Å². The van der Waals surface area contributed by atoms with E-state index < -0.39 is 0 Å². The molecule has 1 heterocycles. The van der Waals surface area contributed by atoms with Gasteiger partial charge in [-0.1, -0.05) is 33.1 Å². The zero-order chi connectivity index (χ0) is 15.3. The maximum absolute atomic E-state index is 5.55. The van der Waals surface area contributed by atoms with E-state index in [0.29, 0.717) is 6.04 Å². The van der Waals surface area contributed by atoms with Gasteiger partial charge in [-0.25, -0.2) is 0 Å². The van der Waals surface area contributed by atoms with E-state index in [2.05, 4.69) is 37.9 Å². The fraction of sp³-hybridized carbons (Fsp3) is 1.00. The van der Waals surface area contributed by atoms with Crippen LogP contribution in [-0.4, -0.2) is 49.3 Å². The Balaban J connectivity index is 2.02. The second kappa shape index (κ2) is 7.94. The molecular formula is C18H36N2O. The maximum atomic E-state index is 5.55. The lowest BCUT2D eigenvalue weighted by atomic mass is 9.72. The Morgan fingerprint density at radius 2 is 1.71 bits per heavy atom. The third-order valence-corrected chi connectivity index (χ3v) is 5.95. The predicted octanol–water partition coefficient (Wildman–Crippen LogP) is 3.29. The Morgan fingerprint density at radius 1 is 1.10 bits per heavy atom. The number of ether oxygens (including phenoxy) is 1. The SMILES string of the molecule is CCNC(C1CCC(CC)CC1)C(C)(C)N1CCOCC1. The smallest absolute Gasteiger partial charge is 0.0594 e. The molecule has 3 nitrogen and oxygen atoms in total. The summed E-state index contributed by atoms with van der Waals surface area (Å²) in [7, 11) is 0. The van der Waals surface area contributed by atoms with E-state index in [9.17, 15) is 0 Å². The van der Waals surface area contributed by atoms with E-state index >= 15 is 0 Å². The molecule has 1 saturated carbocycles. The number of hydrogen-bond donors (Lipinski definition) is 1. The summed E-state index contributed by atoms with van der Waals surface area (Å²) in [5.74, 6) is 1.82. The zero-order valence-electron chi connectivity index (χ0n) is 14.7.